The van der Waals surface area contributed by atoms with Gasteiger partial charge >= 0.3 is 0 Å². The minimum Gasteiger partial charge on any atom is -0.383 e. The summed E-state index contributed by atoms with van der Waals surface area (Å²) in [6.07, 6.45) is 0.953. The number of halogens is 3. The van der Waals surface area contributed by atoms with Crippen LogP contribution in [0.2, 0.25) is 5.02 Å². The summed E-state index contributed by atoms with van der Waals surface area (Å²) in [5.74, 6) is -2.18. The molecule has 0 saturated heterocycles. The number of hydrogen-bond donors (Lipinski definition) is 3. The quantitative estimate of drug-likeness (QED) is 0.501. The monoisotopic (exact) mass is 455 g/mol. The van der Waals surface area contributed by atoms with Crippen molar-refractivity contribution in [3.63, 3.8) is 0 Å². The normalized spacial score (nSPS) is 11.4. The number of anilines is 3. The van der Waals surface area contributed by atoms with Crippen molar-refractivity contribution >= 4 is 55.6 Å². The Morgan fingerprint density at radius 2 is 1.97 bits per heavy atom. The smallest absolute Gasteiger partial charge is 0.257 e. The number of benzene rings is 2. The third-order valence-electron chi connectivity index (χ3n) is 4.08. The van der Waals surface area contributed by atoms with Crippen LogP contribution in [0.5, 0.6) is 0 Å². The largest absolute Gasteiger partial charge is 0.383 e. The maximum atomic E-state index is 14.9. The van der Waals surface area contributed by atoms with E-state index in [0.717, 1.165) is 6.07 Å². The van der Waals surface area contributed by atoms with Gasteiger partial charge in [-0.05, 0) is 30.7 Å². The molecular formula is C18H16ClF2N5O3S. The molecule has 8 nitrogen and oxygen atoms in total. The lowest BCUT2D eigenvalue weighted by molar-refractivity contribution is 0.102. The third kappa shape index (κ3) is 4.57. The maximum absolute atomic E-state index is 14.9. The first-order valence-electron chi connectivity index (χ1n) is 8.58. The summed E-state index contributed by atoms with van der Waals surface area (Å²) >= 11 is 6.00. The van der Waals surface area contributed by atoms with Crippen LogP contribution in [0.15, 0.2) is 36.7 Å². The van der Waals surface area contributed by atoms with E-state index in [0.29, 0.717) is 5.39 Å². The zero-order valence-corrected chi connectivity index (χ0v) is 16.9. The second-order valence-electron chi connectivity index (χ2n) is 6.16. The van der Waals surface area contributed by atoms with Gasteiger partial charge in [-0.15, -0.1) is 0 Å². The summed E-state index contributed by atoms with van der Waals surface area (Å²) in [5.41, 5.74) is 5.27. The Morgan fingerprint density at radius 3 is 2.70 bits per heavy atom. The first kappa shape index (κ1) is 21.7. The lowest BCUT2D eigenvalue weighted by Crippen LogP contribution is -2.19. The van der Waals surface area contributed by atoms with E-state index in [1.807, 2.05) is 4.72 Å². The van der Waals surface area contributed by atoms with E-state index in [2.05, 4.69) is 15.3 Å². The van der Waals surface area contributed by atoms with Gasteiger partial charge in [0.15, 0.2) is 5.82 Å². The molecular weight excluding hydrogens is 440 g/mol. The Bertz CT molecular complexity index is 1220. The number of carbonyl (C=O) groups is 1. The van der Waals surface area contributed by atoms with Crippen LogP contribution in [0, 0.1) is 5.82 Å². The van der Waals surface area contributed by atoms with Gasteiger partial charge in [0.05, 0.1) is 39.9 Å². The van der Waals surface area contributed by atoms with E-state index >= 15 is 0 Å². The minimum atomic E-state index is -3.98. The second kappa shape index (κ2) is 8.76. The van der Waals surface area contributed by atoms with Gasteiger partial charge in [0, 0.05) is 5.39 Å². The summed E-state index contributed by atoms with van der Waals surface area (Å²) in [6, 6.07) is 6.97. The fraction of sp³-hybridized carbons (Fsp3) is 0.167. The molecule has 0 unspecified atom stereocenters. The highest BCUT2D eigenvalue weighted by Gasteiger charge is 2.21. The SMILES string of the molecule is Nc1ncnc2c(C(=O)Nc3c(Cl)ccc(NS(=O)(=O)CCCF)c3F)cccc12. The first-order valence-corrected chi connectivity index (χ1v) is 10.6. The molecule has 1 aromatic heterocycles. The van der Waals surface area contributed by atoms with Gasteiger partial charge in [-0.2, -0.15) is 0 Å². The number of carbonyl (C=O) groups excluding carboxylic acids is 1. The molecule has 0 aliphatic carbocycles. The number of alkyl halides is 1. The maximum Gasteiger partial charge on any atom is 0.257 e. The topological polar surface area (TPSA) is 127 Å². The minimum absolute atomic E-state index is 0.0889. The molecule has 0 aliphatic rings. The molecule has 0 spiro atoms. The second-order valence-corrected chi connectivity index (χ2v) is 8.41. The molecule has 30 heavy (non-hydrogen) atoms. The number of nitrogens with two attached hydrogens (primary N) is 1. The van der Waals surface area contributed by atoms with Crippen molar-refractivity contribution in [2.24, 2.45) is 0 Å². The Kier molecular flexibility index (Phi) is 6.32. The van der Waals surface area contributed by atoms with Crippen LogP contribution in [-0.2, 0) is 10.0 Å². The average molecular weight is 456 g/mol. The number of nitrogens with zero attached hydrogens (tertiary/aromatic N) is 2. The average Bonchev–Trinajstić information content (AvgIpc) is 2.71. The fourth-order valence-electron chi connectivity index (χ4n) is 2.68. The van der Waals surface area contributed by atoms with Gasteiger partial charge in [-0.1, -0.05) is 17.7 Å². The molecule has 1 amide bonds. The van der Waals surface area contributed by atoms with E-state index in [1.165, 1.54) is 18.5 Å². The molecule has 0 atom stereocenters. The summed E-state index contributed by atoms with van der Waals surface area (Å²) in [6.45, 7) is -0.829. The van der Waals surface area contributed by atoms with Crippen molar-refractivity contribution in [3.8, 4) is 0 Å². The van der Waals surface area contributed by atoms with Crippen LogP contribution < -0.4 is 15.8 Å². The van der Waals surface area contributed by atoms with Crippen molar-refractivity contribution in [3.05, 3.63) is 53.1 Å². The predicted octanol–water partition coefficient (Wildman–Crippen LogP) is 3.36. The molecule has 0 bridgehead atoms. The van der Waals surface area contributed by atoms with E-state index in [1.54, 1.807) is 12.1 Å². The van der Waals surface area contributed by atoms with Crippen LogP contribution >= 0.6 is 11.6 Å². The fourth-order valence-corrected chi connectivity index (χ4v) is 3.96. The zero-order chi connectivity index (χ0) is 21.9. The number of nitrogens with one attached hydrogen (secondary N) is 2. The van der Waals surface area contributed by atoms with Gasteiger partial charge in [0.25, 0.3) is 5.91 Å². The number of fused-ring (bicyclic) bond motifs is 1. The van der Waals surface area contributed by atoms with Gasteiger partial charge in [-0.3, -0.25) is 13.9 Å². The van der Waals surface area contributed by atoms with Crippen molar-refractivity contribution in [1.29, 1.82) is 0 Å². The summed E-state index contributed by atoms with van der Waals surface area (Å²) in [5, 5.41) is 2.62. The van der Waals surface area contributed by atoms with Gasteiger partial charge in [0.1, 0.15) is 12.1 Å². The highest BCUT2D eigenvalue weighted by atomic mass is 35.5. The molecule has 3 aromatic rings. The Labute approximate surface area is 175 Å². The van der Waals surface area contributed by atoms with E-state index in [4.69, 9.17) is 17.3 Å². The summed E-state index contributed by atoms with van der Waals surface area (Å²) in [7, 11) is -3.98. The molecule has 1 heterocycles. The highest BCUT2D eigenvalue weighted by molar-refractivity contribution is 7.92. The van der Waals surface area contributed by atoms with Gasteiger partial charge < -0.3 is 11.1 Å². The molecule has 0 aliphatic heterocycles. The lowest BCUT2D eigenvalue weighted by atomic mass is 10.1. The van der Waals surface area contributed by atoms with Crippen molar-refractivity contribution in [2.45, 2.75) is 6.42 Å². The van der Waals surface area contributed by atoms with E-state index in [9.17, 15) is 22.0 Å². The number of amides is 1. The molecule has 12 heteroatoms. The summed E-state index contributed by atoms with van der Waals surface area (Å²) < 4.78 is 53.0. The number of sulfonamides is 1. The Balaban J connectivity index is 1.94. The van der Waals surface area contributed by atoms with Crippen molar-refractivity contribution < 1.29 is 22.0 Å². The molecule has 0 fully saturated rings. The number of rotatable bonds is 7. The van der Waals surface area contributed by atoms with Crippen LogP contribution in [-0.4, -0.2) is 36.7 Å². The predicted molar refractivity (Wildman–Crippen MR) is 111 cm³/mol. The van der Waals surface area contributed by atoms with Crippen LogP contribution in [0.4, 0.5) is 26.0 Å². The standard InChI is InChI=1S/C18H16ClF2N5O3S/c19-12-5-6-13(26-30(28,29)8-2-7-20)14(21)16(12)25-18(27)11-4-1-3-10-15(11)23-9-24-17(10)22/h1,3-6,9,26H,2,7-8H2,(H,25,27)(H2,22,23,24). The van der Waals surface area contributed by atoms with Gasteiger partial charge in [0.2, 0.25) is 10.0 Å². The van der Waals surface area contributed by atoms with Crippen LogP contribution in [0.3, 0.4) is 0 Å². The van der Waals surface area contributed by atoms with Gasteiger partial charge in [-0.25, -0.2) is 22.8 Å². The highest BCUT2D eigenvalue weighted by Crippen LogP contribution is 2.32. The molecule has 0 radical (unpaired) electrons. The molecule has 0 saturated carbocycles. The Morgan fingerprint density at radius 1 is 1.20 bits per heavy atom. The van der Waals surface area contributed by atoms with E-state index < -0.39 is 45.5 Å². The number of hydrogen-bond acceptors (Lipinski definition) is 6. The number of para-hydroxylation sites is 1. The lowest BCUT2D eigenvalue weighted by Gasteiger charge is -2.14. The van der Waals surface area contributed by atoms with Crippen LogP contribution in [0.1, 0.15) is 16.8 Å². The van der Waals surface area contributed by atoms with E-state index in [-0.39, 0.29) is 28.3 Å². The first-order chi connectivity index (χ1) is 14.2. The zero-order valence-electron chi connectivity index (χ0n) is 15.3. The molecule has 158 valence electrons. The summed E-state index contributed by atoms with van der Waals surface area (Å²) in [4.78, 5) is 20.7. The molecule has 4 N–H and O–H groups in total. The molecule has 3 rings (SSSR count). The number of aromatic nitrogens is 2. The van der Waals surface area contributed by atoms with Crippen LogP contribution in [0.25, 0.3) is 10.9 Å². The molecule has 2 aromatic carbocycles. The van der Waals surface area contributed by atoms with Crippen molar-refractivity contribution in [1.82, 2.24) is 9.97 Å². The Hall–Kier alpha value is -3.05. The third-order valence-corrected chi connectivity index (χ3v) is 5.75. The number of nitrogen functional groups attached to an aromatic ring is 1. The van der Waals surface area contributed by atoms with Crippen molar-refractivity contribution in [2.75, 3.05) is 28.2 Å².